The molecular weight excluding hydrogens is 254 g/mol. The van der Waals surface area contributed by atoms with Crippen LogP contribution in [0, 0.1) is 0 Å². The molecule has 2 aromatic carbocycles. The van der Waals surface area contributed by atoms with Gasteiger partial charge < -0.3 is 4.74 Å². The molecule has 0 radical (unpaired) electrons. The fourth-order valence-corrected chi connectivity index (χ4v) is 2.06. The van der Waals surface area contributed by atoms with Gasteiger partial charge in [0.2, 0.25) is 0 Å². The van der Waals surface area contributed by atoms with E-state index < -0.39 is 0 Å². The lowest BCUT2D eigenvalue weighted by molar-refractivity contribution is 0.0944. The van der Waals surface area contributed by atoms with Crippen molar-refractivity contribution in [3.05, 3.63) is 54.1 Å². The molecule has 0 aliphatic heterocycles. The average molecular weight is 267 g/mol. The lowest BCUT2D eigenvalue weighted by Crippen LogP contribution is -2.15. The Kier molecular flexibility index (Phi) is 3.16. The Morgan fingerprint density at radius 1 is 1.15 bits per heavy atom. The molecule has 3 rings (SSSR count). The first kappa shape index (κ1) is 12.3. The monoisotopic (exact) mass is 267 g/mol. The van der Waals surface area contributed by atoms with Crippen LogP contribution in [0.4, 0.5) is 0 Å². The number of hydrogen-bond acceptors (Lipinski definition) is 4. The lowest BCUT2D eigenvalue weighted by atomic mass is 10.2. The van der Waals surface area contributed by atoms with Crippen LogP contribution in [0.15, 0.2) is 48.5 Å². The standard InChI is InChI=1S/C15H13N3O2/c1-2-20-14-10-6-3-7-11(14)15(19)18-13-9-5-4-8-12(13)16-17-18/h3-10H,2H2,1H3. The van der Waals surface area contributed by atoms with Crippen LogP contribution < -0.4 is 4.74 Å². The van der Waals surface area contributed by atoms with Gasteiger partial charge in [0.05, 0.1) is 17.7 Å². The summed E-state index contributed by atoms with van der Waals surface area (Å²) in [5.41, 5.74) is 1.85. The third-order valence-corrected chi connectivity index (χ3v) is 2.96. The van der Waals surface area contributed by atoms with Crippen LogP contribution in [-0.4, -0.2) is 27.5 Å². The number of nitrogens with zero attached hydrogens (tertiary/aromatic N) is 3. The number of carbonyl (C=O) groups excluding carboxylic acids is 1. The van der Waals surface area contributed by atoms with Crippen molar-refractivity contribution in [2.45, 2.75) is 6.92 Å². The minimum Gasteiger partial charge on any atom is -0.493 e. The number of hydrogen-bond donors (Lipinski definition) is 0. The Labute approximate surface area is 115 Å². The molecule has 0 spiro atoms. The molecule has 0 fully saturated rings. The van der Waals surface area contributed by atoms with Crippen molar-refractivity contribution < 1.29 is 9.53 Å². The highest BCUT2D eigenvalue weighted by Gasteiger charge is 2.17. The molecule has 3 aromatic rings. The van der Waals surface area contributed by atoms with Gasteiger partial charge in [0, 0.05) is 0 Å². The predicted molar refractivity (Wildman–Crippen MR) is 74.9 cm³/mol. The summed E-state index contributed by atoms with van der Waals surface area (Å²) in [6.45, 7) is 2.38. The van der Waals surface area contributed by atoms with Crippen molar-refractivity contribution >= 4 is 16.9 Å². The van der Waals surface area contributed by atoms with Gasteiger partial charge in [-0.2, -0.15) is 4.68 Å². The molecule has 1 aromatic heterocycles. The third kappa shape index (κ3) is 2.03. The van der Waals surface area contributed by atoms with E-state index in [1.807, 2.05) is 37.3 Å². The first-order valence-corrected chi connectivity index (χ1v) is 6.38. The van der Waals surface area contributed by atoms with Gasteiger partial charge >= 0.3 is 0 Å². The molecule has 20 heavy (non-hydrogen) atoms. The van der Waals surface area contributed by atoms with E-state index in [2.05, 4.69) is 10.3 Å². The number of fused-ring (bicyclic) bond motifs is 1. The van der Waals surface area contributed by atoms with Crippen molar-refractivity contribution in [3.8, 4) is 5.75 Å². The summed E-state index contributed by atoms with van der Waals surface area (Å²) in [5.74, 6) is 0.308. The van der Waals surface area contributed by atoms with Gasteiger partial charge in [-0.25, -0.2) is 0 Å². The number of carbonyl (C=O) groups is 1. The molecular formula is C15H13N3O2. The fraction of sp³-hybridized carbons (Fsp3) is 0.133. The molecule has 0 aliphatic rings. The molecule has 100 valence electrons. The Bertz CT molecular complexity index is 764. The van der Waals surface area contributed by atoms with Gasteiger partial charge in [-0.3, -0.25) is 4.79 Å². The van der Waals surface area contributed by atoms with Gasteiger partial charge in [-0.05, 0) is 31.2 Å². The number of para-hydroxylation sites is 2. The fourth-order valence-electron chi connectivity index (χ4n) is 2.06. The second-order valence-electron chi connectivity index (χ2n) is 4.22. The van der Waals surface area contributed by atoms with Crippen LogP contribution in [0.25, 0.3) is 11.0 Å². The first-order chi connectivity index (χ1) is 9.81. The van der Waals surface area contributed by atoms with E-state index >= 15 is 0 Å². The molecule has 1 heterocycles. The number of rotatable bonds is 3. The molecule has 0 unspecified atom stereocenters. The highest BCUT2D eigenvalue weighted by molar-refractivity contribution is 6.02. The van der Waals surface area contributed by atoms with Crippen molar-refractivity contribution in [2.24, 2.45) is 0 Å². The Morgan fingerprint density at radius 3 is 2.75 bits per heavy atom. The molecule has 5 heteroatoms. The molecule has 0 aliphatic carbocycles. The third-order valence-electron chi connectivity index (χ3n) is 2.96. The second kappa shape index (κ2) is 5.13. The minimum absolute atomic E-state index is 0.247. The minimum atomic E-state index is -0.247. The van der Waals surface area contributed by atoms with Crippen molar-refractivity contribution in [1.29, 1.82) is 0 Å². The van der Waals surface area contributed by atoms with E-state index in [4.69, 9.17) is 4.74 Å². The van der Waals surface area contributed by atoms with Gasteiger partial charge in [0.1, 0.15) is 11.3 Å². The quantitative estimate of drug-likeness (QED) is 0.731. The van der Waals surface area contributed by atoms with Gasteiger partial charge in [0.25, 0.3) is 5.91 Å². The molecule has 5 nitrogen and oxygen atoms in total. The normalized spacial score (nSPS) is 10.7. The Morgan fingerprint density at radius 2 is 1.90 bits per heavy atom. The zero-order valence-electron chi connectivity index (χ0n) is 11.0. The van der Waals surface area contributed by atoms with Crippen molar-refractivity contribution in [2.75, 3.05) is 6.61 Å². The van der Waals surface area contributed by atoms with Crippen molar-refractivity contribution in [3.63, 3.8) is 0 Å². The van der Waals surface area contributed by atoms with E-state index in [0.29, 0.717) is 29.0 Å². The topological polar surface area (TPSA) is 57.0 Å². The maximum absolute atomic E-state index is 12.6. The summed E-state index contributed by atoms with van der Waals surface area (Å²) in [6, 6.07) is 14.5. The number of benzene rings is 2. The molecule has 0 amide bonds. The van der Waals surface area contributed by atoms with Crippen LogP contribution >= 0.6 is 0 Å². The van der Waals surface area contributed by atoms with Gasteiger partial charge in [0.15, 0.2) is 0 Å². The van der Waals surface area contributed by atoms with Gasteiger partial charge in [-0.15, -0.1) is 5.10 Å². The smallest absolute Gasteiger partial charge is 0.283 e. The van der Waals surface area contributed by atoms with Crippen molar-refractivity contribution in [1.82, 2.24) is 15.0 Å². The maximum atomic E-state index is 12.6. The average Bonchev–Trinajstić information content (AvgIpc) is 2.91. The van der Waals surface area contributed by atoms with Crippen LogP contribution in [0.3, 0.4) is 0 Å². The van der Waals surface area contributed by atoms with Crippen LogP contribution in [0.2, 0.25) is 0 Å². The molecule has 0 saturated heterocycles. The largest absolute Gasteiger partial charge is 0.493 e. The number of ether oxygens (including phenoxy) is 1. The maximum Gasteiger partial charge on any atom is 0.283 e. The Balaban J connectivity index is 2.09. The Hall–Kier alpha value is -2.69. The summed E-state index contributed by atoms with van der Waals surface area (Å²) in [7, 11) is 0. The molecule has 0 N–H and O–H groups in total. The van der Waals surface area contributed by atoms with E-state index in [0.717, 1.165) is 0 Å². The highest BCUT2D eigenvalue weighted by atomic mass is 16.5. The zero-order valence-corrected chi connectivity index (χ0v) is 11.0. The summed E-state index contributed by atoms with van der Waals surface area (Å²) in [5, 5.41) is 7.93. The van der Waals surface area contributed by atoms with Crippen LogP contribution in [-0.2, 0) is 0 Å². The van der Waals surface area contributed by atoms with E-state index in [9.17, 15) is 4.79 Å². The molecule has 0 bridgehead atoms. The molecule has 0 atom stereocenters. The zero-order chi connectivity index (χ0) is 13.9. The summed E-state index contributed by atoms with van der Waals surface area (Å²) < 4.78 is 6.78. The lowest BCUT2D eigenvalue weighted by Gasteiger charge is -2.08. The SMILES string of the molecule is CCOc1ccccc1C(=O)n1nnc2ccccc21. The second-order valence-corrected chi connectivity index (χ2v) is 4.22. The van der Waals surface area contributed by atoms with E-state index in [1.54, 1.807) is 18.2 Å². The highest BCUT2D eigenvalue weighted by Crippen LogP contribution is 2.20. The van der Waals surface area contributed by atoms with E-state index in [1.165, 1.54) is 4.68 Å². The predicted octanol–water partition coefficient (Wildman–Crippen LogP) is 2.52. The van der Waals surface area contributed by atoms with Gasteiger partial charge in [-0.1, -0.05) is 29.5 Å². The van der Waals surface area contributed by atoms with Crippen LogP contribution in [0.5, 0.6) is 5.75 Å². The first-order valence-electron chi connectivity index (χ1n) is 6.38. The van der Waals surface area contributed by atoms with Crippen LogP contribution in [0.1, 0.15) is 17.3 Å². The molecule has 0 saturated carbocycles. The summed E-state index contributed by atoms with van der Waals surface area (Å²) in [6.07, 6.45) is 0. The summed E-state index contributed by atoms with van der Waals surface area (Å²) >= 11 is 0. The summed E-state index contributed by atoms with van der Waals surface area (Å²) in [4.78, 5) is 12.6. The van der Waals surface area contributed by atoms with E-state index in [-0.39, 0.29) is 5.91 Å². The number of aromatic nitrogens is 3.